The number of hydrogen-bond donors (Lipinski definition) is 0. The van der Waals surface area contributed by atoms with Crippen molar-refractivity contribution in [3.63, 3.8) is 0 Å². The van der Waals surface area contributed by atoms with E-state index in [0.29, 0.717) is 11.7 Å². The van der Waals surface area contributed by atoms with Gasteiger partial charge in [-0.3, -0.25) is 9.69 Å². The topological polar surface area (TPSA) is 20.3 Å². The van der Waals surface area contributed by atoms with Gasteiger partial charge >= 0.3 is 0 Å². The van der Waals surface area contributed by atoms with E-state index in [-0.39, 0.29) is 0 Å². The maximum atomic E-state index is 11.9. The Morgan fingerprint density at radius 1 is 1.31 bits per heavy atom. The average Bonchev–Trinajstić information content (AvgIpc) is 3.06. The lowest BCUT2D eigenvalue weighted by molar-refractivity contribution is -0.126. The fourth-order valence-electron chi connectivity index (χ4n) is 2.94. The van der Waals surface area contributed by atoms with Gasteiger partial charge in [-0.25, -0.2) is 0 Å². The summed E-state index contributed by atoms with van der Waals surface area (Å²) in [7, 11) is 0. The summed E-state index contributed by atoms with van der Waals surface area (Å²) < 4.78 is 0. The molecular formula is C14H25NO. The zero-order valence-corrected chi connectivity index (χ0v) is 10.7. The Labute approximate surface area is 99.4 Å². The maximum absolute atomic E-state index is 11.9. The number of Topliss-reactive ketones (excluding diaryl/α,β-unsaturated/α-hetero) is 1. The summed E-state index contributed by atoms with van der Waals surface area (Å²) >= 11 is 0. The van der Waals surface area contributed by atoms with E-state index in [0.717, 1.165) is 37.8 Å². The highest BCUT2D eigenvalue weighted by atomic mass is 16.1. The molecule has 16 heavy (non-hydrogen) atoms. The molecule has 0 radical (unpaired) electrons. The summed E-state index contributed by atoms with van der Waals surface area (Å²) in [5.74, 6) is 1.63. The third kappa shape index (κ3) is 3.07. The Bertz CT molecular complexity index is 247. The molecule has 2 aliphatic rings. The van der Waals surface area contributed by atoms with E-state index in [1.165, 1.54) is 25.8 Å². The molecule has 0 heterocycles. The second-order valence-corrected chi connectivity index (χ2v) is 5.77. The second kappa shape index (κ2) is 5.31. The smallest absolute Gasteiger partial charge is 0.137 e. The van der Waals surface area contributed by atoms with Gasteiger partial charge in [-0.2, -0.15) is 0 Å². The van der Waals surface area contributed by atoms with Crippen molar-refractivity contribution in [1.29, 1.82) is 0 Å². The minimum Gasteiger partial charge on any atom is -0.300 e. The third-order valence-corrected chi connectivity index (χ3v) is 4.05. The zero-order chi connectivity index (χ0) is 11.5. The Balaban J connectivity index is 1.87. The molecule has 0 aromatic rings. The summed E-state index contributed by atoms with van der Waals surface area (Å²) in [4.78, 5) is 14.5. The van der Waals surface area contributed by atoms with E-state index in [2.05, 4.69) is 18.7 Å². The van der Waals surface area contributed by atoms with Gasteiger partial charge in [0, 0.05) is 24.9 Å². The van der Waals surface area contributed by atoms with Crippen LogP contribution in [0.25, 0.3) is 0 Å². The minimum absolute atomic E-state index is 0.343. The fraction of sp³-hybridized carbons (Fsp3) is 0.929. The lowest BCUT2D eigenvalue weighted by atomic mass is 9.81. The van der Waals surface area contributed by atoms with Crippen molar-refractivity contribution in [3.8, 4) is 0 Å². The number of hydrogen-bond acceptors (Lipinski definition) is 2. The zero-order valence-electron chi connectivity index (χ0n) is 10.7. The van der Waals surface area contributed by atoms with Crippen LogP contribution in [-0.2, 0) is 4.79 Å². The Kier molecular flexibility index (Phi) is 4.01. The molecule has 0 amide bonds. The summed E-state index contributed by atoms with van der Waals surface area (Å²) in [5, 5.41) is 0. The molecule has 2 saturated carbocycles. The van der Waals surface area contributed by atoms with Crippen LogP contribution in [0, 0.1) is 11.8 Å². The molecule has 0 N–H and O–H groups in total. The van der Waals surface area contributed by atoms with Gasteiger partial charge < -0.3 is 0 Å². The van der Waals surface area contributed by atoms with E-state index in [4.69, 9.17) is 0 Å². The van der Waals surface area contributed by atoms with E-state index >= 15 is 0 Å². The molecule has 0 aromatic heterocycles. The predicted octanol–water partition coefficient (Wildman–Crippen LogP) is 2.87. The van der Waals surface area contributed by atoms with Crippen LogP contribution in [0.3, 0.4) is 0 Å². The highest BCUT2D eigenvalue weighted by molar-refractivity contribution is 5.81. The van der Waals surface area contributed by atoms with Crippen LogP contribution in [-0.4, -0.2) is 29.8 Å². The van der Waals surface area contributed by atoms with Crippen LogP contribution in [0.1, 0.15) is 52.4 Å². The highest BCUT2D eigenvalue weighted by Crippen LogP contribution is 2.31. The summed E-state index contributed by atoms with van der Waals surface area (Å²) in [6, 6.07) is 0.810. The number of ketones is 1. The lowest BCUT2D eigenvalue weighted by Gasteiger charge is -2.31. The Hall–Kier alpha value is -0.370. The van der Waals surface area contributed by atoms with E-state index < -0.39 is 0 Å². The molecule has 0 bridgehead atoms. The van der Waals surface area contributed by atoms with Crippen LogP contribution >= 0.6 is 0 Å². The summed E-state index contributed by atoms with van der Waals surface area (Å²) in [5.41, 5.74) is 0. The molecule has 2 unspecified atom stereocenters. The van der Waals surface area contributed by atoms with Crippen molar-refractivity contribution in [3.05, 3.63) is 0 Å². The summed E-state index contributed by atoms with van der Waals surface area (Å²) in [6.07, 6.45) is 7.01. The van der Waals surface area contributed by atoms with Gasteiger partial charge in [-0.1, -0.05) is 13.8 Å². The molecule has 2 fully saturated rings. The highest BCUT2D eigenvalue weighted by Gasteiger charge is 2.33. The first kappa shape index (κ1) is 12.1. The van der Waals surface area contributed by atoms with Crippen molar-refractivity contribution in [2.45, 2.75) is 58.4 Å². The van der Waals surface area contributed by atoms with Crippen molar-refractivity contribution in [2.24, 2.45) is 11.8 Å². The molecule has 92 valence electrons. The van der Waals surface area contributed by atoms with Gasteiger partial charge in [0.2, 0.25) is 0 Å². The van der Waals surface area contributed by atoms with Crippen LogP contribution in [0.15, 0.2) is 0 Å². The van der Waals surface area contributed by atoms with Gasteiger partial charge in [0.05, 0.1) is 0 Å². The van der Waals surface area contributed by atoms with Gasteiger partial charge in [0.15, 0.2) is 0 Å². The van der Waals surface area contributed by atoms with Crippen molar-refractivity contribution in [1.82, 2.24) is 4.90 Å². The van der Waals surface area contributed by atoms with Gasteiger partial charge in [-0.05, 0) is 44.6 Å². The molecule has 0 saturated heterocycles. The number of carbonyl (C=O) groups is 1. The minimum atomic E-state index is 0.343. The monoisotopic (exact) mass is 223 g/mol. The van der Waals surface area contributed by atoms with Gasteiger partial charge in [0.25, 0.3) is 0 Å². The molecule has 2 nitrogen and oxygen atoms in total. The standard InChI is InChI=1S/C14H25NO/c1-3-8-15(13-5-6-13)10-12-9-11(2)4-7-14(12)16/h11-13H,3-10H2,1-2H3. The third-order valence-electron chi connectivity index (χ3n) is 4.05. The SMILES string of the molecule is CCCN(CC1CC(C)CCC1=O)C1CC1. The largest absolute Gasteiger partial charge is 0.300 e. The van der Waals surface area contributed by atoms with Crippen LogP contribution < -0.4 is 0 Å². The summed E-state index contributed by atoms with van der Waals surface area (Å²) in [6.45, 7) is 6.76. The molecule has 2 rings (SSSR count). The normalized spacial score (nSPS) is 31.1. The average molecular weight is 223 g/mol. The molecule has 0 aromatic carbocycles. The van der Waals surface area contributed by atoms with Gasteiger partial charge in [0.1, 0.15) is 5.78 Å². The molecule has 0 aliphatic heterocycles. The molecular weight excluding hydrogens is 198 g/mol. The molecule has 2 aliphatic carbocycles. The lowest BCUT2D eigenvalue weighted by Crippen LogP contribution is -2.38. The van der Waals surface area contributed by atoms with Crippen molar-refractivity contribution >= 4 is 5.78 Å². The van der Waals surface area contributed by atoms with E-state index in [1.54, 1.807) is 0 Å². The number of rotatable bonds is 5. The maximum Gasteiger partial charge on any atom is 0.137 e. The Morgan fingerprint density at radius 2 is 2.06 bits per heavy atom. The van der Waals surface area contributed by atoms with Crippen molar-refractivity contribution in [2.75, 3.05) is 13.1 Å². The second-order valence-electron chi connectivity index (χ2n) is 5.77. The molecule has 2 heteroatoms. The first-order chi connectivity index (χ1) is 7.70. The van der Waals surface area contributed by atoms with Gasteiger partial charge in [-0.15, -0.1) is 0 Å². The van der Waals surface area contributed by atoms with Crippen molar-refractivity contribution < 1.29 is 4.79 Å². The quantitative estimate of drug-likeness (QED) is 0.714. The van der Waals surface area contributed by atoms with Crippen LogP contribution in [0.5, 0.6) is 0 Å². The first-order valence-corrected chi connectivity index (χ1v) is 6.97. The van der Waals surface area contributed by atoms with Crippen LogP contribution in [0.2, 0.25) is 0 Å². The first-order valence-electron chi connectivity index (χ1n) is 6.97. The number of carbonyl (C=O) groups excluding carboxylic acids is 1. The fourth-order valence-corrected chi connectivity index (χ4v) is 2.94. The predicted molar refractivity (Wildman–Crippen MR) is 66.4 cm³/mol. The number of nitrogens with zero attached hydrogens (tertiary/aromatic N) is 1. The molecule has 0 spiro atoms. The van der Waals surface area contributed by atoms with E-state index in [9.17, 15) is 4.79 Å². The van der Waals surface area contributed by atoms with Crippen LogP contribution in [0.4, 0.5) is 0 Å². The van der Waals surface area contributed by atoms with E-state index in [1.807, 2.05) is 0 Å². The Morgan fingerprint density at radius 3 is 2.69 bits per heavy atom. The molecule has 2 atom stereocenters.